The zero-order valence-corrected chi connectivity index (χ0v) is 20.2. The lowest BCUT2D eigenvalue weighted by atomic mass is 10.1. The monoisotopic (exact) mass is 550 g/mol. The molecule has 1 aromatic rings. The molecule has 1 amide bonds. The van der Waals surface area contributed by atoms with Crippen LogP contribution in [0.4, 0.5) is 5.82 Å². The van der Waals surface area contributed by atoms with Crippen molar-refractivity contribution in [2.24, 2.45) is 0 Å². The number of aromatic nitrogens is 2. The van der Waals surface area contributed by atoms with Crippen LogP contribution in [0.1, 0.15) is 13.2 Å². The number of phosphoric acid groups is 1. The van der Waals surface area contributed by atoms with Gasteiger partial charge in [-0.2, -0.15) is 4.98 Å². The number of carbonyl (C=O) groups is 1. The Morgan fingerprint density at radius 2 is 2.11 bits per heavy atom. The quantitative estimate of drug-likeness (QED) is 0.120. The number of nitrogens with one attached hydrogen (secondary N) is 1. The molecule has 0 bridgehead atoms. The van der Waals surface area contributed by atoms with Gasteiger partial charge in [-0.15, -0.1) is 0 Å². The molecule has 1 aromatic heterocycles. The first-order valence-electron chi connectivity index (χ1n) is 10.7. The van der Waals surface area contributed by atoms with Crippen molar-refractivity contribution in [1.29, 1.82) is 0 Å². The van der Waals surface area contributed by atoms with E-state index in [-0.39, 0.29) is 24.8 Å². The lowest BCUT2D eigenvalue weighted by Gasteiger charge is -2.31. The molecule has 18 heteroatoms. The van der Waals surface area contributed by atoms with E-state index in [9.17, 15) is 34.4 Å². The number of aliphatic hydroxyl groups excluding tert-OH is 4. The summed E-state index contributed by atoms with van der Waals surface area (Å²) in [4.78, 5) is 36.8. The van der Waals surface area contributed by atoms with Gasteiger partial charge in [0, 0.05) is 19.2 Å². The number of hydrogen-bond acceptors (Lipinski definition) is 14. The number of anilines is 1. The summed E-state index contributed by atoms with van der Waals surface area (Å²) in [6, 6.07) is 0.149. The molecule has 2 aliphatic rings. The predicted octanol–water partition coefficient (Wildman–Crippen LogP) is -2.27. The second-order valence-electron chi connectivity index (χ2n) is 7.81. The van der Waals surface area contributed by atoms with Crippen LogP contribution in [0.2, 0.25) is 0 Å². The third kappa shape index (κ3) is 7.27. The van der Waals surface area contributed by atoms with E-state index in [1.807, 2.05) is 0 Å². The lowest BCUT2D eigenvalue weighted by Crippen LogP contribution is -2.48. The topological polar surface area (TPSA) is 254 Å². The fraction of sp³-hybridized carbons (Fsp3) is 0.526. The second kappa shape index (κ2) is 12.0. The number of amides is 1. The van der Waals surface area contributed by atoms with Crippen LogP contribution in [0.5, 0.6) is 0 Å². The van der Waals surface area contributed by atoms with Gasteiger partial charge in [0.15, 0.2) is 12.0 Å². The number of allylic oxidation sites excluding steroid dienone is 1. The first-order valence-corrected chi connectivity index (χ1v) is 12.2. The van der Waals surface area contributed by atoms with Gasteiger partial charge in [0.1, 0.15) is 42.2 Å². The van der Waals surface area contributed by atoms with E-state index < -0.39 is 68.7 Å². The van der Waals surface area contributed by atoms with Crippen molar-refractivity contribution in [1.82, 2.24) is 14.9 Å². The van der Waals surface area contributed by atoms with Crippen LogP contribution in [0.15, 0.2) is 40.9 Å². The van der Waals surface area contributed by atoms with Crippen LogP contribution < -0.4 is 16.7 Å². The zero-order chi connectivity index (χ0) is 27.3. The summed E-state index contributed by atoms with van der Waals surface area (Å²) in [5.41, 5.74) is 4.57. The van der Waals surface area contributed by atoms with Gasteiger partial charge in [-0.1, -0.05) is 0 Å². The maximum absolute atomic E-state index is 12.3. The molecule has 206 valence electrons. The molecule has 37 heavy (non-hydrogen) atoms. The molecular formula is C19H27N4O13P. The minimum Gasteiger partial charge on any atom is -0.510 e. The van der Waals surface area contributed by atoms with E-state index in [1.165, 1.54) is 19.2 Å². The minimum absolute atomic E-state index is 0.0660. The highest BCUT2D eigenvalue weighted by Crippen LogP contribution is 2.45. The molecule has 3 heterocycles. The molecule has 3 rings (SSSR count). The van der Waals surface area contributed by atoms with Crippen molar-refractivity contribution in [3.63, 3.8) is 0 Å². The van der Waals surface area contributed by atoms with Gasteiger partial charge in [0.25, 0.3) is 0 Å². The second-order valence-corrected chi connectivity index (χ2v) is 9.21. The van der Waals surface area contributed by atoms with Crippen LogP contribution in [0, 0.1) is 0 Å². The van der Waals surface area contributed by atoms with Crippen LogP contribution in [-0.4, -0.2) is 91.2 Å². The number of carbonyl (C=O) groups excluding carboxylic acids is 1. The summed E-state index contributed by atoms with van der Waals surface area (Å²) in [7, 11) is -4.85. The van der Waals surface area contributed by atoms with Gasteiger partial charge in [0.2, 0.25) is 12.2 Å². The number of ether oxygens (including phenoxy) is 3. The highest BCUT2D eigenvalue weighted by atomic mass is 31.2. The van der Waals surface area contributed by atoms with Crippen LogP contribution >= 0.6 is 7.82 Å². The van der Waals surface area contributed by atoms with Crippen molar-refractivity contribution in [3.05, 3.63) is 46.6 Å². The molecule has 17 nitrogen and oxygen atoms in total. The molecule has 0 aliphatic carbocycles. The predicted molar refractivity (Wildman–Crippen MR) is 120 cm³/mol. The van der Waals surface area contributed by atoms with Gasteiger partial charge in [-0.3, -0.25) is 18.8 Å². The summed E-state index contributed by atoms with van der Waals surface area (Å²) < 4.78 is 38.8. The highest BCUT2D eigenvalue weighted by Gasteiger charge is 2.45. The normalized spacial score (nSPS) is 30.3. The van der Waals surface area contributed by atoms with Crippen molar-refractivity contribution in [2.75, 3.05) is 25.6 Å². The van der Waals surface area contributed by atoms with Crippen molar-refractivity contribution >= 4 is 19.5 Å². The number of nitrogens with two attached hydrogens (primary N) is 1. The molecule has 1 saturated heterocycles. The standard InChI is InChI=1S/C19H27N4O13P/c1-9(25)21-14-11(26)6-10(35-18(14)32-5-4-24)7-33-37(30,31)34-8-12-15(27)16(28)17(36-12)23-3-2-13(20)22-19(23)29/h2-3,6-7,12,14-18,24,26-28H,4-5,8H2,1H3,(H,21,25)(H,30,31)(H2,20,22,29)/b10-7+/t12-,14-,15-,16-,17-,18-/m1/s1. The van der Waals surface area contributed by atoms with Crippen LogP contribution in [-0.2, 0) is 32.6 Å². The van der Waals surface area contributed by atoms with E-state index in [2.05, 4.69) is 10.3 Å². The maximum Gasteiger partial charge on any atom is 0.527 e. The summed E-state index contributed by atoms with van der Waals surface area (Å²) in [5, 5.41) is 42.0. The lowest BCUT2D eigenvalue weighted by molar-refractivity contribution is -0.149. The average Bonchev–Trinajstić information content (AvgIpc) is 3.10. The molecule has 1 unspecified atom stereocenters. The van der Waals surface area contributed by atoms with E-state index in [0.29, 0.717) is 6.26 Å². The first kappa shape index (κ1) is 28.5. The van der Waals surface area contributed by atoms with Crippen molar-refractivity contribution in [2.45, 2.75) is 43.8 Å². The summed E-state index contributed by atoms with van der Waals surface area (Å²) in [5.74, 6) is -1.29. The van der Waals surface area contributed by atoms with Crippen molar-refractivity contribution in [3.8, 4) is 0 Å². The fourth-order valence-electron chi connectivity index (χ4n) is 3.37. The first-order chi connectivity index (χ1) is 17.4. The van der Waals surface area contributed by atoms with Gasteiger partial charge < -0.3 is 50.2 Å². The third-order valence-electron chi connectivity index (χ3n) is 5.03. The molecule has 1 fully saturated rings. The number of aliphatic hydroxyl groups is 4. The summed E-state index contributed by atoms with van der Waals surface area (Å²) in [6.07, 6.45) is -4.41. The third-order valence-corrected chi connectivity index (χ3v) is 5.88. The summed E-state index contributed by atoms with van der Waals surface area (Å²) in [6.45, 7) is -0.141. The Labute approximate surface area is 208 Å². The molecule has 0 saturated carbocycles. The molecule has 0 aromatic carbocycles. The number of hydrogen-bond donors (Lipinski definition) is 7. The molecule has 8 N–H and O–H groups in total. The molecule has 7 atom stereocenters. The molecule has 0 spiro atoms. The maximum atomic E-state index is 12.3. The Morgan fingerprint density at radius 3 is 2.76 bits per heavy atom. The molecular weight excluding hydrogens is 523 g/mol. The molecule has 0 radical (unpaired) electrons. The van der Waals surface area contributed by atoms with Crippen LogP contribution in [0.3, 0.4) is 0 Å². The Balaban J connectivity index is 1.63. The van der Waals surface area contributed by atoms with Gasteiger partial charge in [-0.25, -0.2) is 9.36 Å². The number of nitrogens with zero attached hydrogens (tertiary/aromatic N) is 2. The SMILES string of the molecule is CC(=O)N[C@@H]1C(O)=C/C(=C\OP(=O)(O)OC[C@H]2O[C@@H](n3ccc(N)nc3=O)[C@H](O)[C@@H]2O)O[C@H]1OCCO. The number of rotatable bonds is 10. The van der Waals surface area contributed by atoms with Gasteiger partial charge >= 0.3 is 13.5 Å². The zero-order valence-electron chi connectivity index (χ0n) is 19.3. The van der Waals surface area contributed by atoms with E-state index in [0.717, 1.165) is 10.6 Å². The Bertz CT molecular complexity index is 1140. The van der Waals surface area contributed by atoms with Crippen molar-refractivity contribution < 1.29 is 57.9 Å². The minimum atomic E-state index is -4.85. The Hall–Kier alpha value is -3.02. The van der Waals surface area contributed by atoms with E-state index in [1.54, 1.807) is 0 Å². The highest BCUT2D eigenvalue weighted by molar-refractivity contribution is 7.47. The van der Waals surface area contributed by atoms with E-state index in [4.69, 9.17) is 34.1 Å². The van der Waals surface area contributed by atoms with Crippen LogP contribution in [0.25, 0.3) is 0 Å². The Kier molecular flexibility index (Phi) is 9.27. The largest absolute Gasteiger partial charge is 0.527 e. The van der Waals surface area contributed by atoms with Gasteiger partial charge in [0.05, 0.1) is 19.8 Å². The van der Waals surface area contributed by atoms with E-state index >= 15 is 0 Å². The number of phosphoric ester groups is 1. The Morgan fingerprint density at radius 1 is 1.38 bits per heavy atom. The number of nitrogen functional groups attached to an aromatic ring is 1. The average molecular weight is 550 g/mol. The smallest absolute Gasteiger partial charge is 0.510 e. The fourth-order valence-corrected chi connectivity index (χ4v) is 4.00. The molecule has 2 aliphatic heterocycles. The summed E-state index contributed by atoms with van der Waals surface area (Å²) >= 11 is 0. The van der Waals surface area contributed by atoms with Gasteiger partial charge in [-0.05, 0) is 6.07 Å².